The molecule has 3 aromatic rings. The Bertz CT molecular complexity index is 1020. The minimum absolute atomic E-state index is 0.0289. The SMILES string of the molecule is O=C(Nc1cccc(C(F)(F)F)c1)c1cncc(Nc2ccc(F)c(F)c2)c1. The quantitative estimate of drug-likeness (QED) is 0.586. The highest BCUT2D eigenvalue weighted by Crippen LogP contribution is 2.30. The van der Waals surface area contributed by atoms with Crippen LogP contribution < -0.4 is 10.6 Å². The van der Waals surface area contributed by atoms with Gasteiger partial charge in [0.25, 0.3) is 5.91 Å². The summed E-state index contributed by atoms with van der Waals surface area (Å²) in [5, 5.41) is 5.12. The molecule has 0 aliphatic heterocycles. The molecule has 0 unspecified atom stereocenters. The van der Waals surface area contributed by atoms with Gasteiger partial charge in [-0.05, 0) is 36.4 Å². The van der Waals surface area contributed by atoms with Gasteiger partial charge in [-0.25, -0.2) is 8.78 Å². The van der Waals surface area contributed by atoms with Gasteiger partial charge in [0.2, 0.25) is 0 Å². The van der Waals surface area contributed by atoms with Gasteiger partial charge in [0.05, 0.1) is 23.0 Å². The topological polar surface area (TPSA) is 54.0 Å². The first-order valence-electron chi connectivity index (χ1n) is 7.88. The summed E-state index contributed by atoms with van der Waals surface area (Å²) in [6.07, 6.45) is -1.96. The largest absolute Gasteiger partial charge is 0.416 e. The summed E-state index contributed by atoms with van der Waals surface area (Å²) in [5.41, 5.74) is -0.320. The van der Waals surface area contributed by atoms with Gasteiger partial charge in [-0.2, -0.15) is 13.2 Å². The van der Waals surface area contributed by atoms with Crippen LogP contribution in [0.2, 0.25) is 0 Å². The maximum absolute atomic E-state index is 13.3. The van der Waals surface area contributed by atoms with Crippen LogP contribution in [0.5, 0.6) is 0 Å². The molecule has 1 amide bonds. The number of pyridine rings is 1. The monoisotopic (exact) mass is 393 g/mol. The van der Waals surface area contributed by atoms with E-state index in [2.05, 4.69) is 15.6 Å². The van der Waals surface area contributed by atoms with E-state index in [9.17, 15) is 26.7 Å². The second kappa shape index (κ2) is 7.63. The van der Waals surface area contributed by atoms with Crippen LogP contribution in [0.4, 0.5) is 39.0 Å². The number of carbonyl (C=O) groups excluding carboxylic acids is 1. The fourth-order valence-electron chi connectivity index (χ4n) is 2.35. The van der Waals surface area contributed by atoms with E-state index < -0.39 is 29.3 Å². The Balaban J connectivity index is 1.76. The molecule has 0 spiro atoms. The predicted octanol–water partition coefficient (Wildman–Crippen LogP) is 5.37. The first-order valence-corrected chi connectivity index (χ1v) is 7.88. The van der Waals surface area contributed by atoms with Crippen LogP contribution in [0.25, 0.3) is 0 Å². The molecule has 0 saturated carbocycles. The van der Waals surface area contributed by atoms with Gasteiger partial charge in [-0.1, -0.05) is 6.07 Å². The lowest BCUT2D eigenvalue weighted by Gasteiger charge is -2.11. The fourth-order valence-corrected chi connectivity index (χ4v) is 2.35. The van der Waals surface area contributed by atoms with Crippen molar-refractivity contribution < 1.29 is 26.7 Å². The molecule has 0 radical (unpaired) electrons. The van der Waals surface area contributed by atoms with E-state index in [-0.39, 0.29) is 16.9 Å². The number of benzene rings is 2. The Hall–Kier alpha value is -3.49. The van der Waals surface area contributed by atoms with Crippen molar-refractivity contribution >= 4 is 23.0 Å². The molecule has 4 nitrogen and oxygen atoms in total. The van der Waals surface area contributed by atoms with E-state index in [1.165, 1.54) is 36.7 Å². The Labute approximate surface area is 156 Å². The molecular formula is C19H12F5N3O. The second-order valence-electron chi connectivity index (χ2n) is 5.75. The summed E-state index contributed by atoms with van der Waals surface area (Å²) in [7, 11) is 0. The highest BCUT2D eigenvalue weighted by Gasteiger charge is 2.30. The summed E-state index contributed by atoms with van der Waals surface area (Å²) in [4.78, 5) is 16.2. The maximum Gasteiger partial charge on any atom is 0.416 e. The Morgan fingerprint density at radius 1 is 0.857 bits per heavy atom. The minimum atomic E-state index is -4.53. The molecular weight excluding hydrogens is 381 g/mol. The molecule has 0 aliphatic rings. The normalized spacial score (nSPS) is 11.2. The van der Waals surface area contributed by atoms with Gasteiger partial charge >= 0.3 is 6.18 Å². The van der Waals surface area contributed by atoms with Crippen molar-refractivity contribution in [2.24, 2.45) is 0 Å². The molecule has 3 rings (SSSR count). The summed E-state index contributed by atoms with van der Waals surface area (Å²) in [6.45, 7) is 0. The molecule has 0 bridgehead atoms. The average molecular weight is 393 g/mol. The van der Waals surface area contributed by atoms with Gasteiger partial charge in [-0.3, -0.25) is 9.78 Å². The molecule has 144 valence electrons. The van der Waals surface area contributed by atoms with Crippen LogP contribution in [0.15, 0.2) is 60.9 Å². The lowest BCUT2D eigenvalue weighted by molar-refractivity contribution is -0.137. The molecule has 9 heteroatoms. The molecule has 0 fully saturated rings. The lowest BCUT2D eigenvalue weighted by Crippen LogP contribution is -2.13. The number of alkyl halides is 3. The van der Waals surface area contributed by atoms with Crippen LogP contribution in [0.3, 0.4) is 0 Å². The van der Waals surface area contributed by atoms with Crippen LogP contribution in [-0.2, 0) is 6.18 Å². The number of aromatic nitrogens is 1. The van der Waals surface area contributed by atoms with Crippen LogP contribution in [0.1, 0.15) is 15.9 Å². The molecule has 0 saturated heterocycles. The number of carbonyl (C=O) groups is 1. The summed E-state index contributed by atoms with van der Waals surface area (Å²) in [6, 6.07) is 8.75. The van der Waals surface area contributed by atoms with Gasteiger partial charge in [0.15, 0.2) is 11.6 Å². The van der Waals surface area contributed by atoms with E-state index in [0.29, 0.717) is 5.69 Å². The number of hydrogen-bond acceptors (Lipinski definition) is 3. The smallest absolute Gasteiger partial charge is 0.354 e. The Morgan fingerprint density at radius 3 is 2.36 bits per heavy atom. The van der Waals surface area contributed by atoms with Crippen molar-refractivity contribution in [3.8, 4) is 0 Å². The minimum Gasteiger partial charge on any atom is -0.354 e. The zero-order chi connectivity index (χ0) is 20.3. The molecule has 1 heterocycles. The molecule has 0 atom stereocenters. The Kier molecular flexibility index (Phi) is 5.25. The molecule has 2 N–H and O–H groups in total. The van der Waals surface area contributed by atoms with Crippen molar-refractivity contribution in [3.63, 3.8) is 0 Å². The van der Waals surface area contributed by atoms with Crippen molar-refractivity contribution in [3.05, 3.63) is 83.7 Å². The number of halogens is 5. The zero-order valence-corrected chi connectivity index (χ0v) is 14.0. The third kappa shape index (κ3) is 4.61. The number of nitrogens with zero attached hydrogens (tertiary/aromatic N) is 1. The number of rotatable bonds is 4. The van der Waals surface area contributed by atoms with E-state index in [4.69, 9.17) is 0 Å². The zero-order valence-electron chi connectivity index (χ0n) is 14.0. The number of hydrogen-bond donors (Lipinski definition) is 2. The highest BCUT2D eigenvalue weighted by molar-refractivity contribution is 6.04. The van der Waals surface area contributed by atoms with Gasteiger partial charge in [-0.15, -0.1) is 0 Å². The summed E-state index contributed by atoms with van der Waals surface area (Å²) >= 11 is 0. The van der Waals surface area contributed by atoms with Gasteiger partial charge < -0.3 is 10.6 Å². The fraction of sp³-hybridized carbons (Fsp3) is 0.0526. The number of nitrogens with one attached hydrogen (secondary N) is 2. The van der Waals surface area contributed by atoms with Crippen molar-refractivity contribution in [2.75, 3.05) is 10.6 Å². The number of amides is 1. The highest BCUT2D eigenvalue weighted by atomic mass is 19.4. The van der Waals surface area contributed by atoms with E-state index >= 15 is 0 Å². The van der Waals surface area contributed by atoms with Crippen LogP contribution >= 0.6 is 0 Å². The lowest BCUT2D eigenvalue weighted by atomic mass is 10.2. The third-order valence-corrected chi connectivity index (χ3v) is 3.66. The first-order chi connectivity index (χ1) is 13.2. The molecule has 0 aliphatic carbocycles. The van der Waals surface area contributed by atoms with Gasteiger partial charge in [0.1, 0.15) is 0 Å². The molecule has 1 aromatic heterocycles. The van der Waals surface area contributed by atoms with Crippen molar-refractivity contribution in [1.29, 1.82) is 0 Å². The summed E-state index contributed by atoms with van der Waals surface area (Å²) in [5.74, 6) is -2.73. The van der Waals surface area contributed by atoms with Gasteiger partial charge in [0, 0.05) is 23.6 Å². The first kappa shape index (κ1) is 19.3. The van der Waals surface area contributed by atoms with E-state index in [1.54, 1.807) is 0 Å². The van der Waals surface area contributed by atoms with Crippen molar-refractivity contribution in [1.82, 2.24) is 4.98 Å². The van der Waals surface area contributed by atoms with Crippen LogP contribution in [0, 0.1) is 11.6 Å². The molecule has 2 aromatic carbocycles. The maximum atomic E-state index is 13.3. The Morgan fingerprint density at radius 2 is 1.64 bits per heavy atom. The van der Waals surface area contributed by atoms with E-state index in [0.717, 1.165) is 24.3 Å². The van der Waals surface area contributed by atoms with Crippen molar-refractivity contribution in [2.45, 2.75) is 6.18 Å². The molecule has 28 heavy (non-hydrogen) atoms. The standard InChI is InChI=1S/C19H12F5N3O/c20-16-5-4-14(8-17(16)21)26-15-6-11(9-25-10-15)18(28)27-13-3-1-2-12(7-13)19(22,23)24/h1-10,26H,(H,27,28). The second-order valence-corrected chi connectivity index (χ2v) is 5.75. The average Bonchev–Trinajstić information content (AvgIpc) is 2.64. The van der Waals surface area contributed by atoms with E-state index in [1.807, 2.05) is 0 Å². The third-order valence-electron chi connectivity index (χ3n) is 3.66. The number of anilines is 3. The summed E-state index contributed by atoms with van der Waals surface area (Å²) < 4.78 is 64.5. The van der Waals surface area contributed by atoms with Crippen LogP contribution in [-0.4, -0.2) is 10.9 Å². The predicted molar refractivity (Wildman–Crippen MR) is 93.3 cm³/mol.